The van der Waals surface area contributed by atoms with E-state index in [0.29, 0.717) is 0 Å². The Balaban J connectivity index is 3.51. The normalized spacial score (nSPS) is 8.50. The standard InChI is InChI=1S/H2O2Te2/c1-4(2)3/h4H,(H,1,2,3). The van der Waals surface area contributed by atoms with Gasteiger partial charge < -0.3 is 0 Å². The summed E-state index contributed by atoms with van der Waals surface area (Å²) in [5.41, 5.74) is 0. The summed E-state index contributed by atoms with van der Waals surface area (Å²) in [4.78, 5) is 0. The van der Waals surface area contributed by atoms with E-state index >= 15 is 0 Å². The van der Waals surface area contributed by atoms with Gasteiger partial charge in [-0.1, -0.05) is 0 Å². The molecule has 2 nitrogen and oxygen atoms in total. The first kappa shape index (κ1) is 5.18. The molecular weight excluding hydrogens is 287 g/mol. The van der Waals surface area contributed by atoms with Crippen LogP contribution >= 0.6 is 0 Å². The molecule has 0 fully saturated rings. The van der Waals surface area contributed by atoms with Crippen molar-refractivity contribution in [1.82, 2.24) is 0 Å². The van der Waals surface area contributed by atoms with E-state index in [0.717, 1.165) is 18.4 Å². The van der Waals surface area contributed by atoms with Gasteiger partial charge in [-0.15, -0.1) is 0 Å². The molecule has 0 aromatic heterocycles. The monoisotopic (exact) mass is 294 g/mol. The molecule has 0 atom stereocenters. The summed E-state index contributed by atoms with van der Waals surface area (Å²) in [6, 6.07) is 0. The Labute approximate surface area is 40.0 Å². The van der Waals surface area contributed by atoms with Crippen LogP contribution in [0.25, 0.3) is 0 Å². The van der Waals surface area contributed by atoms with Gasteiger partial charge in [0, 0.05) is 0 Å². The summed E-state index contributed by atoms with van der Waals surface area (Å²) in [6.07, 6.45) is 0. The Hall–Kier alpha value is 1.18. The van der Waals surface area contributed by atoms with Crippen LogP contribution in [0.1, 0.15) is 0 Å². The van der Waals surface area contributed by atoms with Crippen molar-refractivity contribution < 1.29 is 6.21 Å². The first-order chi connectivity index (χ1) is 1.73. The van der Waals surface area contributed by atoms with E-state index in [9.17, 15) is 6.21 Å². The van der Waals surface area contributed by atoms with Gasteiger partial charge in [-0.3, -0.25) is 0 Å². The van der Waals surface area contributed by atoms with Crippen LogP contribution in [0.3, 0.4) is 0 Å². The van der Waals surface area contributed by atoms with E-state index in [4.69, 9.17) is 0 Å². The summed E-state index contributed by atoms with van der Waals surface area (Å²) >= 11 is -1.96. The average Bonchev–Trinajstić information content (AvgIpc) is 0.811. The first-order valence-corrected chi connectivity index (χ1v) is 11.4. The minimum atomic E-state index is -2.90. The molecule has 0 radical (unpaired) electrons. The van der Waals surface area contributed by atoms with Crippen LogP contribution in [0.2, 0.25) is 0 Å². The maximum atomic E-state index is 9.18. The van der Waals surface area contributed by atoms with Crippen molar-refractivity contribution in [3.05, 3.63) is 0 Å². The second-order valence-electron chi connectivity index (χ2n) is 0.238. The van der Waals surface area contributed by atoms with Crippen LogP contribution in [-0.2, 0) is 6.21 Å². The fourth-order valence-corrected chi connectivity index (χ4v) is 0. The summed E-state index contributed by atoms with van der Waals surface area (Å²) in [5.74, 6) is 0. The molecule has 0 spiro atoms. The van der Waals surface area contributed by atoms with Crippen molar-refractivity contribution in [2.24, 2.45) is 0 Å². The van der Waals surface area contributed by atoms with Crippen molar-refractivity contribution in [2.45, 2.75) is 0 Å². The molecule has 0 aromatic carbocycles. The van der Waals surface area contributed by atoms with Crippen molar-refractivity contribution in [1.29, 1.82) is 0 Å². The van der Waals surface area contributed by atoms with E-state index in [1.54, 1.807) is 0 Å². The van der Waals surface area contributed by atoms with Gasteiger partial charge in [0.25, 0.3) is 0 Å². The molecule has 0 amide bonds. The molecule has 0 heterocycles. The molecule has 0 aliphatic rings. The van der Waals surface area contributed by atoms with Crippen molar-refractivity contribution in [3.8, 4) is 0 Å². The third-order valence-electron chi connectivity index (χ3n) is 0. The zero-order valence-electron chi connectivity index (χ0n) is 1.71. The number of hydrogen-bond donors (Lipinski definition) is 0. The molecule has 0 aliphatic heterocycles. The minimum absolute atomic E-state index is 0.944. The van der Waals surface area contributed by atoms with E-state index in [1.807, 2.05) is 0 Å². The Bertz CT molecular complexity index is 52.4. The molecule has 26 valence electrons. The summed E-state index contributed by atoms with van der Waals surface area (Å²) in [6.45, 7) is 0. The average molecular weight is 289 g/mol. The van der Waals surface area contributed by atoms with Gasteiger partial charge in [0.05, 0.1) is 0 Å². The van der Waals surface area contributed by atoms with Gasteiger partial charge in [-0.2, -0.15) is 0 Å². The second-order valence-corrected chi connectivity index (χ2v) is 7.85. The molecular formula is H2O2Te2. The van der Waals surface area contributed by atoms with Crippen LogP contribution in [0.4, 0.5) is 0 Å². The van der Waals surface area contributed by atoms with Gasteiger partial charge in [-0.25, -0.2) is 0 Å². The molecule has 4 heavy (non-hydrogen) atoms. The third-order valence-corrected chi connectivity index (χ3v) is 0. The molecule has 0 aromatic rings. The summed E-state index contributed by atoms with van der Waals surface area (Å²) in [7, 11) is 0. The van der Waals surface area contributed by atoms with E-state index in [1.165, 1.54) is 0 Å². The van der Waals surface area contributed by atoms with Crippen LogP contribution in [0, 0.1) is 0 Å². The van der Waals surface area contributed by atoms with Crippen LogP contribution in [0.5, 0.6) is 0 Å². The Morgan fingerprint density at radius 1 is 1.50 bits per heavy atom. The van der Waals surface area contributed by atoms with E-state index in [-0.39, 0.29) is 0 Å². The Morgan fingerprint density at radius 2 is 1.50 bits per heavy atom. The molecule has 0 rings (SSSR count). The molecule has 0 N–H and O–H groups in total. The summed E-state index contributed by atoms with van der Waals surface area (Å²) < 4.78 is 18.4. The Kier molecular flexibility index (Phi) is 3.13. The fraction of sp³-hybridized carbons (Fsp3) is 0. The van der Waals surface area contributed by atoms with Crippen LogP contribution in [0.15, 0.2) is 0 Å². The predicted molar refractivity (Wildman–Crippen MR) is 15.7 cm³/mol. The molecule has 0 bridgehead atoms. The van der Waals surface area contributed by atoms with Crippen LogP contribution < -0.4 is 0 Å². The van der Waals surface area contributed by atoms with E-state index < -0.39 is 15.7 Å². The fourth-order valence-electron chi connectivity index (χ4n) is 0. The molecule has 0 unspecified atom stereocenters. The van der Waals surface area contributed by atoms with Crippen molar-refractivity contribution >= 4 is 34.1 Å². The first-order valence-electron chi connectivity index (χ1n) is 0.565. The number of rotatable bonds is 0. The van der Waals surface area contributed by atoms with Gasteiger partial charge in [0.2, 0.25) is 0 Å². The topological polar surface area (TPSA) is 34.1 Å². The zero-order valence-corrected chi connectivity index (χ0v) is 6.82. The quantitative estimate of drug-likeness (QED) is 0.507. The van der Waals surface area contributed by atoms with Gasteiger partial charge in [0.15, 0.2) is 0 Å². The van der Waals surface area contributed by atoms with Gasteiger partial charge in [-0.05, 0) is 0 Å². The molecule has 0 saturated carbocycles. The SMILES string of the molecule is O=[TeH](=O)[TeH]. The van der Waals surface area contributed by atoms with Gasteiger partial charge >= 0.3 is 40.3 Å². The van der Waals surface area contributed by atoms with Crippen molar-refractivity contribution in [3.63, 3.8) is 0 Å². The molecule has 0 aliphatic carbocycles. The Morgan fingerprint density at radius 3 is 1.50 bits per heavy atom. The molecule has 4 heteroatoms. The second kappa shape index (κ2) is 2.42. The van der Waals surface area contributed by atoms with E-state index in [2.05, 4.69) is 0 Å². The predicted octanol–water partition coefficient (Wildman–Crippen LogP) is -1.53. The van der Waals surface area contributed by atoms with Crippen molar-refractivity contribution in [2.75, 3.05) is 0 Å². The number of hydrogen-bond acceptors (Lipinski definition) is 2. The summed E-state index contributed by atoms with van der Waals surface area (Å²) in [5, 5.41) is 0. The van der Waals surface area contributed by atoms with Crippen LogP contribution in [-0.4, -0.2) is 34.1 Å². The zero-order chi connectivity index (χ0) is 3.58. The maximum absolute atomic E-state index is 9.18. The van der Waals surface area contributed by atoms with Gasteiger partial charge in [0.1, 0.15) is 0 Å². The third kappa shape index (κ3) is 10.9. The molecule has 0 saturated heterocycles.